The summed E-state index contributed by atoms with van der Waals surface area (Å²) in [5.41, 5.74) is 0.980. The van der Waals surface area contributed by atoms with Crippen molar-refractivity contribution >= 4 is 17.7 Å². The SMILES string of the molecule is COC(=O)NCCc1cncc(Cl)c1. The number of methoxy groups -OCH3 is 1. The van der Waals surface area contributed by atoms with E-state index in [1.807, 2.05) is 6.07 Å². The van der Waals surface area contributed by atoms with Crippen molar-refractivity contribution in [2.45, 2.75) is 6.42 Å². The van der Waals surface area contributed by atoms with E-state index in [9.17, 15) is 4.79 Å². The Labute approximate surface area is 87.2 Å². The van der Waals surface area contributed by atoms with Gasteiger partial charge in [-0.05, 0) is 18.1 Å². The van der Waals surface area contributed by atoms with Crippen LogP contribution in [-0.4, -0.2) is 24.7 Å². The fourth-order valence-corrected chi connectivity index (χ4v) is 1.17. The molecular weight excluding hydrogens is 204 g/mol. The molecule has 0 radical (unpaired) electrons. The Hall–Kier alpha value is -1.29. The Bertz CT molecular complexity index is 317. The van der Waals surface area contributed by atoms with Gasteiger partial charge in [0.25, 0.3) is 0 Å². The standard InChI is InChI=1S/C9H11ClN2O2/c1-14-9(13)12-3-2-7-4-8(10)6-11-5-7/h4-6H,2-3H2,1H3,(H,12,13). The van der Waals surface area contributed by atoms with Crippen molar-refractivity contribution in [2.75, 3.05) is 13.7 Å². The number of nitrogens with one attached hydrogen (secondary N) is 1. The number of carbonyl (C=O) groups excluding carboxylic acids is 1. The van der Waals surface area contributed by atoms with Gasteiger partial charge in [0.05, 0.1) is 12.1 Å². The minimum Gasteiger partial charge on any atom is -0.453 e. The molecule has 1 heterocycles. The third-order valence-electron chi connectivity index (χ3n) is 1.63. The maximum absolute atomic E-state index is 10.7. The van der Waals surface area contributed by atoms with Crippen LogP contribution in [0.1, 0.15) is 5.56 Å². The van der Waals surface area contributed by atoms with Crippen molar-refractivity contribution in [3.63, 3.8) is 0 Å². The predicted molar refractivity (Wildman–Crippen MR) is 53.4 cm³/mol. The van der Waals surface area contributed by atoms with Crippen LogP contribution in [0.15, 0.2) is 18.5 Å². The lowest BCUT2D eigenvalue weighted by Gasteiger charge is -2.03. The van der Waals surface area contributed by atoms with Crippen molar-refractivity contribution in [1.29, 1.82) is 0 Å². The Morgan fingerprint density at radius 2 is 2.43 bits per heavy atom. The van der Waals surface area contributed by atoms with Gasteiger partial charge in [-0.2, -0.15) is 0 Å². The molecule has 0 fully saturated rings. The summed E-state index contributed by atoms with van der Waals surface area (Å²) in [5.74, 6) is 0. The number of amides is 1. The maximum atomic E-state index is 10.7. The summed E-state index contributed by atoms with van der Waals surface area (Å²) in [6, 6.07) is 1.81. The number of nitrogens with zero attached hydrogens (tertiary/aromatic N) is 1. The number of alkyl carbamates (subject to hydrolysis) is 1. The molecule has 0 spiro atoms. The lowest BCUT2D eigenvalue weighted by atomic mass is 10.2. The molecule has 5 heteroatoms. The summed E-state index contributed by atoms with van der Waals surface area (Å²) in [6.07, 6.45) is 3.53. The highest BCUT2D eigenvalue weighted by Crippen LogP contribution is 2.08. The molecule has 1 rings (SSSR count). The van der Waals surface area contributed by atoms with Crippen LogP contribution in [0.4, 0.5) is 4.79 Å². The highest BCUT2D eigenvalue weighted by Gasteiger charge is 1.98. The third-order valence-corrected chi connectivity index (χ3v) is 1.84. The van der Waals surface area contributed by atoms with Gasteiger partial charge >= 0.3 is 6.09 Å². The van der Waals surface area contributed by atoms with E-state index >= 15 is 0 Å². The normalized spacial score (nSPS) is 9.57. The van der Waals surface area contributed by atoms with E-state index < -0.39 is 6.09 Å². The molecular formula is C9H11ClN2O2. The highest BCUT2D eigenvalue weighted by molar-refractivity contribution is 6.30. The Morgan fingerprint density at radius 3 is 3.07 bits per heavy atom. The summed E-state index contributed by atoms with van der Waals surface area (Å²) < 4.78 is 4.42. The molecule has 1 amide bonds. The van der Waals surface area contributed by atoms with Gasteiger partial charge in [0, 0.05) is 18.9 Å². The van der Waals surface area contributed by atoms with Crippen LogP contribution in [-0.2, 0) is 11.2 Å². The highest BCUT2D eigenvalue weighted by atomic mass is 35.5. The van der Waals surface area contributed by atoms with Crippen molar-refractivity contribution in [3.05, 3.63) is 29.0 Å². The number of hydrogen-bond donors (Lipinski definition) is 1. The topological polar surface area (TPSA) is 51.2 Å². The number of pyridine rings is 1. The van der Waals surface area contributed by atoms with Gasteiger partial charge in [-0.15, -0.1) is 0 Å². The van der Waals surface area contributed by atoms with E-state index in [0.29, 0.717) is 18.0 Å². The number of carbonyl (C=O) groups is 1. The number of ether oxygens (including phenoxy) is 1. The second kappa shape index (κ2) is 5.44. The molecule has 0 saturated heterocycles. The summed E-state index contributed by atoms with van der Waals surface area (Å²) >= 11 is 5.74. The second-order valence-electron chi connectivity index (χ2n) is 2.68. The fourth-order valence-electron chi connectivity index (χ4n) is 0.974. The monoisotopic (exact) mass is 214 g/mol. The van der Waals surface area contributed by atoms with E-state index in [1.165, 1.54) is 7.11 Å². The zero-order valence-corrected chi connectivity index (χ0v) is 8.54. The smallest absolute Gasteiger partial charge is 0.406 e. The third kappa shape index (κ3) is 3.62. The Kier molecular flexibility index (Phi) is 4.19. The first-order chi connectivity index (χ1) is 6.72. The first-order valence-corrected chi connectivity index (χ1v) is 4.51. The van der Waals surface area contributed by atoms with Crippen LogP contribution < -0.4 is 5.32 Å². The van der Waals surface area contributed by atoms with Gasteiger partial charge in [-0.3, -0.25) is 4.98 Å². The molecule has 0 bridgehead atoms. The molecule has 1 N–H and O–H groups in total. The van der Waals surface area contributed by atoms with E-state index in [1.54, 1.807) is 12.4 Å². The first-order valence-electron chi connectivity index (χ1n) is 4.13. The second-order valence-corrected chi connectivity index (χ2v) is 3.12. The van der Waals surface area contributed by atoms with Crippen LogP contribution >= 0.6 is 11.6 Å². The Morgan fingerprint density at radius 1 is 1.64 bits per heavy atom. The van der Waals surface area contributed by atoms with Crippen LogP contribution in [0.2, 0.25) is 5.02 Å². The van der Waals surface area contributed by atoms with Crippen molar-refractivity contribution < 1.29 is 9.53 Å². The van der Waals surface area contributed by atoms with E-state index in [2.05, 4.69) is 15.0 Å². The molecule has 0 aliphatic heterocycles. The van der Waals surface area contributed by atoms with Crippen LogP contribution in [0, 0.1) is 0 Å². The summed E-state index contributed by atoms with van der Waals surface area (Å²) in [7, 11) is 1.33. The van der Waals surface area contributed by atoms with Crippen molar-refractivity contribution in [1.82, 2.24) is 10.3 Å². The van der Waals surface area contributed by atoms with Gasteiger partial charge in [0.1, 0.15) is 0 Å². The molecule has 0 saturated carbocycles. The first kappa shape index (κ1) is 10.8. The Balaban J connectivity index is 2.35. The van der Waals surface area contributed by atoms with E-state index in [-0.39, 0.29) is 0 Å². The van der Waals surface area contributed by atoms with Gasteiger partial charge < -0.3 is 10.1 Å². The maximum Gasteiger partial charge on any atom is 0.406 e. The molecule has 1 aromatic rings. The largest absolute Gasteiger partial charge is 0.453 e. The average molecular weight is 215 g/mol. The van der Waals surface area contributed by atoms with Gasteiger partial charge in [-0.25, -0.2) is 4.79 Å². The van der Waals surface area contributed by atoms with Gasteiger partial charge in [-0.1, -0.05) is 11.6 Å². The zero-order chi connectivity index (χ0) is 10.4. The van der Waals surface area contributed by atoms with E-state index in [4.69, 9.17) is 11.6 Å². The molecule has 0 aliphatic rings. The zero-order valence-electron chi connectivity index (χ0n) is 7.79. The number of halogens is 1. The molecule has 0 unspecified atom stereocenters. The molecule has 1 aromatic heterocycles. The molecule has 0 aliphatic carbocycles. The molecule has 14 heavy (non-hydrogen) atoms. The van der Waals surface area contributed by atoms with Gasteiger partial charge in [0.15, 0.2) is 0 Å². The molecule has 4 nitrogen and oxygen atoms in total. The summed E-state index contributed by atoms with van der Waals surface area (Å²) in [6.45, 7) is 0.509. The fraction of sp³-hybridized carbons (Fsp3) is 0.333. The quantitative estimate of drug-likeness (QED) is 0.832. The lowest BCUT2D eigenvalue weighted by molar-refractivity contribution is 0.171. The number of rotatable bonds is 3. The van der Waals surface area contributed by atoms with Crippen molar-refractivity contribution in [2.24, 2.45) is 0 Å². The molecule has 0 atom stereocenters. The summed E-state index contributed by atoms with van der Waals surface area (Å²) in [4.78, 5) is 14.6. The van der Waals surface area contributed by atoms with Crippen LogP contribution in [0.5, 0.6) is 0 Å². The minimum atomic E-state index is -0.431. The van der Waals surface area contributed by atoms with Crippen LogP contribution in [0.3, 0.4) is 0 Å². The lowest BCUT2D eigenvalue weighted by Crippen LogP contribution is -2.25. The van der Waals surface area contributed by atoms with Crippen molar-refractivity contribution in [3.8, 4) is 0 Å². The minimum absolute atomic E-state index is 0.431. The number of hydrogen-bond acceptors (Lipinski definition) is 3. The van der Waals surface area contributed by atoms with E-state index in [0.717, 1.165) is 5.56 Å². The number of aromatic nitrogens is 1. The van der Waals surface area contributed by atoms with Gasteiger partial charge in [0.2, 0.25) is 0 Å². The average Bonchev–Trinajstić information content (AvgIpc) is 2.17. The summed E-state index contributed by atoms with van der Waals surface area (Å²) in [5, 5.41) is 3.17. The molecule has 76 valence electrons. The predicted octanol–water partition coefficient (Wildman–Crippen LogP) is 1.63. The molecule has 0 aromatic carbocycles. The van der Waals surface area contributed by atoms with Crippen LogP contribution in [0.25, 0.3) is 0 Å².